The molecule has 1 aromatic heterocycles. The zero-order valence-electron chi connectivity index (χ0n) is 20.8. The third-order valence-corrected chi connectivity index (χ3v) is 8.86. The Bertz CT molecular complexity index is 1210. The molecule has 1 fully saturated rings. The molecule has 5 unspecified atom stereocenters. The lowest BCUT2D eigenvalue weighted by Crippen LogP contribution is -2.61. The number of pyridine rings is 1. The van der Waals surface area contributed by atoms with Crippen LogP contribution in [0, 0.1) is 6.92 Å². The molecular weight excluding hydrogens is 476 g/mol. The number of carbonyl (C=O) groups is 2. The normalized spacial score (nSPS) is 29.2. The van der Waals surface area contributed by atoms with E-state index < -0.39 is 22.7 Å². The highest BCUT2D eigenvalue weighted by Crippen LogP contribution is 2.56. The van der Waals surface area contributed by atoms with E-state index in [1.54, 1.807) is 24.4 Å². The van der Waals surface area contributed by atoms with E-state index in [-0.39, 0.29) is 23.8 Å². The van der Waals surface area contributed by atoms with E-state index in [4.69, 9.17) is 21.9 Å². The van der Waals surface area contributed by atoms with Crippen LogP contribution in [0.3, 0.4) is 0 Å². The summed E-state index contributed by atoms with van der Waals surface area (Å²) in [5.41, 5.74) is 21.8. The van der Waals surface area contributed by atoms with E-state index in [0.29, 0.717) is 22.7 Å². The highest BCUT2D eigenvalue weighted by atomic mass is 32.2. The Kier molecular flexibility index (Phi) is 6.48. The Hall–Kier alpha value is -2.66. The summed E-state index contributed by atoms with van der Waals surface area (Å²) in [6, 6.07) is 4.43. The number of amides is 1. The Balaban J connectivity index is 1.56. The predicted molar refractivity (Wildman–Crippen MR) is 140 cm³/mol. The first-order chi connectivity index (χ1) is 17.1. The van der Waals surface area contributed by atoms with Gasteiger partial charge in [-0.25, -0.2) is 4.98 Å². The van der Waals surface area contributed by atoms with E-state index in [0.717, 1.165) is 42.0 Å². The number of rotatable bonds is 5. The van der Waals surface area contributed by atoms with Crippen LogP contribution in [0.4, 0.5) is 5.69 Å². The minimum Gasteiger partial charge on any atom is -0.475 e. The number of piperidine rings is 1. The second-order valence-electron chi connectivity index (χ2n) is 10.3. The Morgan fingerprint density at radius 1 is 1.33 bits per heavy atom. The van der Waals surface area contributed by atoms with Crippen LogP contribution < -0.4 is 32.6 Å². The first-order valence-corrected chi connectivity index (χ1v) is 13.3. The lowest BCUT2D eigenvalue weighted by molar-refractivity contribution is -0.126. The summed E-state index contributed by atoms with van der Waals surface area (Å²) in [6.07, 6.45) is 3.49. The third-order valence-electron chi connectivity index (χ3n) is 7.40. The van der Waals surface area contributed by atoms with E-state index in [2.05, 4.69) is 15.6 Å². The fourth-order valence-corrected chi connectivity index (χ4v) is 7.16. The summed E-state index contributed by atoms with van der Waals surface area (Å²) in [4.78, 5) is 32.6. The minimum atomic E-state index is -1.51. The average molecular weight is 511 g/mol. The molecule has 36 heavy (non-hydrogen) atoms. The number of aromatic nitrogens is 1. The first kappa shape index (κ1) is 25.0. The number of nitrogens with one attached hydrogen (secondary N) is 2. The van der Waals surface area contributed by atoms with Crippen molar-refractivity contribution in [2.75, 3.05) is 18.8 Å². The van der Waals surface area contributed by atoms with Crippen molar-refractivity contribution in [3.63, 3.8) is 0 Å². The van der Waals surface area contributed by atoms with Crippen molar-refractivity contribution in [3.05, 3.63) is 46.6 Å². The Labute approximate surface area is 215 Å². The molecule has 1 amide bonds. The summed E-state index contributed by atoms with van der Waals surface area (Å²) in [5.74, 6) is -0.507. The largest absolute Gasteiger partial charge is 0.475 e. The van der Waals surface area contributed by atoms with Gasteiger partial charge in [-0.1, -0.05) is 6.07 Å². The van der Waals surface area contributed by atoms with Crippen LogP contribution in [0.15, 0.2) is 29.3 Å². The predicted octanol–water partition coefficient (Wildman–Crippen LogP) is 1.30. The molecule has 0 saturated carbocycles. The number of benzene rings is 1. The minimum absolute atomic E-state index is 0.0371. The van der Waals surface area contributed by atoms with Gasteiger partial charge in [0.05, 0.1) is 17.4 Å². The number of carbonyl (C=O) groups excluding carboxylic acids is 2. The van der Waals surface area contributed by atoms with Gasteiger partial charge in [0.15, 0.2) is 5.78 Å². The van der Waals surface area contributed by atoms with Crippen LogP contribution in [-0.4, -0.2) is 53.2 Å². The molecule has 0 radical (unpaired) electrons. The van der Waals surface area contributed by atoms with Crippen molar-refractivity contribution in [2.24, 2.45) is 11.5 Å². The van der Waals surface area contributed by atoms with E-state index in [1.807, 2.05) is 20.8 Å². The molecular formula is C26H34N6O3S. The number of Topliss-reactive ketones (excluding diaryl/α,β-unsaturated/α-hetero) is 1. The van der Waals surface area contributed by atoms with Crippen LogP contribution in [-0.2, 0) is 15.1 Å². The standard InChI is InChI=1S/C26H34N6O3S/c1-12(2)35-18-9-13(3)16(11-31-18)26(29)15-6-7-17(27)22-19(15)20(21(28)24(26)33)23(36-22)25(34)32-14-5-4-8-30-10-14/h6-7,9,11-12,14,20-21,23,30H,4-5,8,10,27-29H2,1-3H3,(H,32,34). The topological polar surface area (TPSA) is 158 Å². The number of nitrogens with zero attached hydrogens (tertiary/aromatic N) is 1. The molecule has 5 atom stereocenters. The first-order valence-electron chi connectivity index (χ1n) is 12.5. The molecule has 3 aliphatic rings. The van der Waals surface area contributed by atoms with Crippen molar-refractivity contribution < 1.29 is 14.3 Å². The lowest BCUT2D eigenvalue weighted by Gasteiger charge is -2.41. The van der Waals surface area contributed by atoms with Crippen molar-refractivity contribution in [1.82, 2.24) is 15.6 Å². The van der Waals surface area contributed by atoms with Crippen molar-refractivity contribution in [3.8, 4) is 5.88 Å². The van der Waals surface area contributed by atoms with Crippen LogP contribution in [0.2, 0.25) is 0 Å². The molecule has 10 heteroatoms. The molecule has 1 saturated heterocycles. The van der Waals surface area contributed by atoms with Gasteiger partial charge in [0, 0.05) is 46.9 Å². The molecule has 3 heterocycles. The Morgan fingerprint density at radius 3 is 2.78 bits per heavy atom. The van der Waals surface area contributed by atoms with Gasteiger partial charge < -0.3 is 32.6 Å². The van der Waals surface area contributed by atoms with Crippen LogP contribution in [0.25, 0.3) is 0 Å². The van der Waals surface area contributed by atoms with Crippen molar-refractivity contribution >= 4 is 29.1 Å². The zero-order valence-corrected chi connectivity index (χ0v) is 21.7. The summed E-state index contributed by atoms with van der Waals surface area (Å²) in [5, 5.41) is 5.91. The second kappa shape index (κ2) is 9.33. The number of hydrogen-bond acceptors (Lipinski definition) is 9. The summed E-state index contributed by atoms with van der Waals surface area (Å²) in [7, 11) is 0. The molecule has 0 bridgehead atoms. The van der Waals surface area contributed by atoms with E-state index in [1.165, 1.54) is 11.8 Å². The SMILES string of the molecule is Cc1cc(OC(C)C)ncc1C1(N)C(=O)C(N)C2c3c1ccc(N)c3SC2C(=O)NC1CCCNC1. The summed E-state index contributed by atoms with van der Waals surface area (Å²) < 4.78 is 5.72. The van der Waals surface area contributed by atoms with Gasteiger partial charge in [-0.05, 0) is 62.9 Å². The number of anilines is 1. The smallest absolute Gasteiger partial charge is 0.234 e. The number of hydrogen-bond donors (Lipinski definition) is 5. The van der Waals surface area contributed by atoms with Crippen LogP contribution >= 0.6 is 11.8 Å². The fraction of sp³-hybridized carbons (Fsp3) is 0.500. The molecule has 5 rings (SSSR count). The molecule has 2 aromatic rings. The molecule has 0 spiro atoms. The fourth-order valence-electron chi connectivity index (χ4n) is 5.70. The van der Waals surface area contributed by atoms with E-state index in [9.17, 15) is 9.59 Å². The molecule has 9 nitrogen and oxygen atoms in total. The lowest BCUT2D eigenvalue weighted by atomic mass is 9.65. The maximum absolute atomic E-state index is 14.0. The molecule has 192 valence electrons. The maximum atomic E-state index is 14.0. The number of nitrogen functional groups attached to an aromatic ring is 1. The van der Waals surface area contributed by atoms with Gasteiger partial charge in [-0.15, -0.1) is 11.8 Å². The number of aryl methyl sites for hydroxylation is 1. The van der Waals surface area contributed by atoms with Crippen molar-refractivity contribution in [1.29, 1.82) is 0 Å². The number of ether oxygens (including phenoxy) is 1. The van der Waals surface area contributed by atoms with Gasteiger partial charge in [0.1, 0.15) is 5.54 Å². The monoisotopic (exact) mass is 510 g/mol. The molecule has 8 N–H and O–H groups in total. The molecule has 1 aliphatic carbocycles. The van der Waals surface area contributed by atoms with Gasteiger partial charge >= 0.3 is 0 Å². The van der Waals surface area contributed by atoms with Gasteiger partial charge in [0.2, 0.25) is 11.8 Å². The second-order valence-corrected chi connectivity index (χ2v) is 11.4. The van der Waals surface area contributed by atoms with Gasteiger partial charge in [-0.3, -0.25) is 9.59 Å². The van der Waals surface area contributed by atoms with E-state index >= 15 is 0 Å². The number of thioether (sulfide) groups is 1. The average Bonchev–Trinajstić information content (AvgIpc) is 3.24. The summed E-state index contributed by atoms with van der Waals surface area (Å²) in [6.45, 7) is 7.41. The third kappa shape index (κ3) is 3.96. The maximum Gasteiger partial charge on any atom is 0.234 e. The highest BCUT2D eigenvalue weighted by Gasteiger charge is 2.57. The van der Waals surface area contributed by atoms with Gasteiger partial charge in [-0.2, -0.15) is 0 Å². The molecule has 1 aromatic carbocycles. The van der Waals surface area contributed by atoms with Crippen molar-refractivity contribution in [2.45, 2.75) is 73.4 Å². The van der Waals surface area contributed by atoms with Crippen LogP contribution in [0.5, 0.6) is 5.88 Å². The van der Waals surface area contributed by atoms with Gasteiger partial charge in [0.25, 0.3) is 0 Å². The summed E-state index contributed by atoms with van der Waals surface area (Å²) >= 11 is 1.38. The van der Waals surface area contributed by atoms with Crippen LogP contribution in [0.1, 0.15) is 54.9 Å². The Morgan fingerprint density at radius 2 is 2.11 bits per heavy atom. The quantitative estimate of drug-likeness (QED) is 0.374. The highest BCUT2D eigenvalue weighted by molar-refractivity contribution is 8.01. The number of nitrogens with two attached hydrogens (primary N) is 3. The zero-order chi connectivity index (χ0) is 25.8. The molecule has 2 aliphatic heterocycles. The number of ketones is 1.